The zero-order valence-corrected chi connectivity index (χ0v) is 12.3. The predicted molar refractivity (Wildman–Crippen MR) is 81.5 cm³/mol. The first-order valence-corrected chi connectivity index (χ1v) is 8.19. The minimum absolute atomic E-state index is 0.320. The zero-order chi connectivity index (χ0) is 13.8. The lowest BCUT2D eigenvalue weighted by Gasteiger charge is -2.30. The molecule has 2 heteroatoms. The van der Waals surface area contributed by atoms with Crippen molar-refractivity contribution in [3.8, 4) is 0 Å². The summed E-state index contributed by atoms with van der Waals surface area (Å²) in [6.07, 6.45) is 9.42. The molecule has 1 aliphatic carbocycles. The monoisotopic (exact) mass is 271 g/mol. The van der Waals surface area contributed by atoms with Gasteiger partial charge in [-0.1, -0.05) is 49.6 Å². The number of hydrogen-bond acceptors (Lipinski definition) is 1. The number of carbonyl (C=O) groups excluding carboxylic acids is 1. The molecule has 2 aliphatic rings. The van der Waals surface area contributed by atoms with E-state index >= 15 is 0 Å². The summed E-state index contributed by atoms with van der Waals surface area (Å²) in [7, 11) is 0. The van der Waals surface area contributed by atoms with E-state index in [4.69, 9.17) is 0 Å². The van der Waals surface area contributed by atoms with Crippen LogP contribution in [0.2, 0.25) is 0 Å². The largest absolute Gasteiger partial charge is 0.339 e. The van der Waals surface area contributed by atoms with Gasteiger partial charge in [0, 0.05) is 18.5 Å². The van der Waals surface area contributed by atoms with Crippen molar-refractivity contribution in [3.05, 3.63) is 35.9 Å². The third-order valence-corrected chi connectivity index (χ3v) is 4.93. The molecule has 2 nitrogen and oxygen atoms in total. The van der Waals surface area contributed by atoms with E-state index in [1.165, 1.54) is 37.7 Å². The Morgan fingerprint density at radius 3 is 2.50 bits per heavy atom. The molecule has 108 valence electrons. The van der Waals surface area contributed by atoms with Crippen molar-refractivity contribution in [2.75, 3.05) is 6.54 Å². The van der Waals surface area contributed by atoms with Gasteiger partial charge in [-0.2, -0.15) is 0 Å². The molecule has 1 aromatic carbocycles. The Morgan fingerprint density at radius 1 is 1.00 bits per heavy atom. The maximum Gasteiger partial charge on any atom is 0.225 e. The van der Waals surface area contributed by atoms with Crippen molar-refractivity contribution in [2.24, 2.45) is 5.92 Å². The standard InChI is InChI=1S/C18H25NO/c20-18(16-10-5-2-6-11-16)19-13-7-12-17(19)14-15-8-3-1-4-9-15/h1,3-4,8-9,16-17H,2,5-7,10-14H2. The Kier molecular flexibility index (Phi) is 4.39. The van der Waals surface area contributed by atoms with Crippen molar-refractivity contribution in [3.63, 3.8) is 0 Å². The van der Waals surface area contributed by atoms with Gasteiger partial charge in [-0.05, 0) is 37.7 Å². The highest BCUT2D eigenvalue weighted by Crippen LogP contribution is 2.29. The SMILES string of the molecule is O=C(C1CCCCC1)N1CCCC1Cc1ccccc1. The van der Waals surface area contributed by atoms with E-state index in [0.29, 0.717) is 17.9 Å². The van der Waals surface area contributed by atoms with Gasteiger partial charge < -0.3 is 4.90 Å². The maximum absolute atomic E-state index is 12.7. The van der Waals surface area contributed by atoms with E-state index in [-0.39, 0.29) is 0 Å². The van der Waals surface area contributed by atoms with Crippen LogP contribution in [0.15, 0.2) is 30.3 Å². The fraction of sp³-hybridized carbons (Fsp3) is 0.611. The summed E-state index contributed by atoms with van der Waals surface area (Å²) < 4.78 is 0. The molecule has 1 aliphatic heterocycles. The average Bonchev–Trinajstić information content (AvgIpc) is 2.96. The topological polar surface area (TPSA) is 20.3 Å². The molecule has 0 spiro atoms. The van der Waals surface area contributed by atoms with E-state index in [1.807, 2.05) is 0 Å². The third-order valence-electron chi connectivity index (χ3n) is 4.93. The van der Waals surface area contributed by atoms with Gasteiger partial charge in [0.1, 0.15) is 0 Å². The van der Waals surface area contributed by atoms with E-state index in [0.717, 1.165) is 25.8 Å². The van der Waals surface area contributed by atoms with Crippen molar-refractivity contribution >= 4 is 5.91 Å². The molecule has 1 saturated heterocycles. The van der Waals surface area contributed by atoms with Gasteiger partial charge in [-0.25, -0.2) is 0 Å². The number of rotatable bonds is 3. The van der Waals surface area contributed by atoms with E-state index in [1.54, 1.807) is 0 Å². The number of nitrogens with zero attached hydrogens (tertiary/aromatic N) is 1. The average molecular weight is 271 g/mol. The first-order chi connectivity index (χ1) is 9.84. The Balaban J connectivity index is 1.64. The molecular weight excluding hydrogens is 246 g/mol. The van der Waals surface area contributed by atoms with Crippen LogP contribution in [0.3, 0.4) is 0 Å². The van der Waals surface area contributed by atoms with Crippen molar-refractivity contribution in [2.45, 2.75) is 57.4 Å². The fourth-order valence-corrected chi connectivity index (χ4v) is 3.81. The Hall–Kier alpha value is -1.31. The number of benzene rings is 1. The van der Waals surface area contributed by atoms with Gasteiger partial charge >= 0.3 is 0 Å². The molecule has 0 N–H and O–H groups in total. The first kappa shape index (κ1) is 13.7. The summed E-state index contributed by atoms with van der Waals surface area (Å²) in [6, 6.07) is 11.0. The normalized spacial score (nSPS) is 24.0. The molecular formula is C18H25NO. The van der Waals surface area contributed by atoms with Crippen LogP contribution in [0, 0.1) is 5.92 Å². The van der Waals surface area contributed by atoms with E-state index in [2.05, 4.69) is 35.2 Å². The zero-order valence-electron chi connectivity index (χ0n) is 12.3. The minimum atomic E-state index is 0.320. The lowest BCUT2D eigenvalue weighted by atomic mass is 9.88. The Morgan fingerprint density at radius 2 is 1.75 bits per heavy atom. The van der Waals surface area contributed by atoms with E-state index in [9.17, 15) is 4.79 Å². The number of amides is 1. The fourth-order valence-electron chi connectivity index (χ4n) is 3.81. The molecule has 0 radical (unpaired) electrons. The summed E-state index contributed by atoms with van der Waals surface area (Å²) in [5, 5.41) is 0. The molecule has 1 amide bonds. The Bertz CT molecular complexity index is 436. The van der Waals surface area contributed by atoms with Crippen LogP contribution in [0.1, 0.15) is 50.5 Å². The molecule has 0 bridgehead atoms. The summed E-state index contributed by atoms with van der Waals surface area (Å²) >= 11 is 0. The second kappa shape index (κ2) is 6.43. The smallest absolute Gasteiger partial charge is 0.225 e. The van der Waals surface area contributed by atoms with Crippen LogP contribution >= 0.6 is 0 Å². The van der Waals surface area contributed by atoms with Crippen LogP contribution in [-0.2, 0) is 11.2 Å². The number of hydrogen-bond donors (Lipinski definition) is 0. The minimum Gasteiger partial charge on any atom is -0.339 e. The molecule has 20 heavy (non-hydrogen) atoms. The highest BCUT2D eigenvalue weighted by molar-refractivity contribution is 5.79. The predicted octanol–water partition coefficient (Wildman–Crippen LogP) is 3.80. The molecule has 1 aromatic rings. The van der Waals surface area contributed by atoms with Crippen LogP contribution in [-0.4, -0.2) is 23.4 Å². The second-order valence-electron chi connectivity index (χ2n) is 6.35. The molecule has 1 atom stereocenters. The summed E-state index contributed by atoms with van der Waals surface area (Å²) in [6.45, 7) is 0.979. The van der Waals surface area contributed by atoms with Crippen molar-refractivity contribution in [1.82, 2.24) is 4.90 Å². The van der Waals surface area contributed by atoms with Gasteiger partial charge in [0.2, 0.25) is 5.91 Å². The number of carbonyl (C=O) groups is 1. The highest BCUT2D eigenvalue weighted by Gasteiger charge is 2.33. The molecule has 1 unspecified atom stereocenters. The van der Waals surface area contributed by atoms with Crippen LogP contribution < -0.4 is 0 Å². The first-order valence-electron chi connectivity index (χ1n) is 8.19. The lowest BCUT2D eigenvalue weighted by molar-refractivity contribution is -0.137. The lowest BCUT2D eigenvalue weighted by Crippen LogP contribution is -2.41. The van der Waals surface area contributed by atoms with Crippen LogP contribution in [0.4, 0.5) is 0 Å². The Labute approximate surface area is 122 Å². The summed E-state index contributed by atoms with van der Waals surface area (Å²) in [4.78, 5) is 14.9. The molecule has 3 rings (SSSR count). The summed E-state index contributed by atoms with van der Waals surface area (Å²) in [5.74, 6) is 0.767. The number of likely N-dealkylation sites (tertiary alicyclic amines) is 1. The molecule has 0 aromatic heterocycles. The quantitative estimate of drug-likeness (QED) is 0.819. The van der Waals surface area contributed by atoms with Crippen molar-refractivity contribution < 1.29 is 4.79 Å². The van der Waals surface area contributed by atoms with Crippen LogP contribution in [0.5, 0.6) is 0 Å². The summed E-state index contributed by atoms with van der Waals surface area (Å²) in [5.41, 5.74) is 1.36. The van der Waals surface area contributed by atoms with Gasteiger partial charge in [-0.3, -0.25) is 4.79 Å². The van der Waals surface area contributed by atoms with Crippen LogP contribution in [0.25, 0.3) is 0 Å². The van der Waals surface area contributed by atoms with Gasteiger partial charge in [0.15, 0.2) is 0 Å². The second-order valence-corrected chi connectivity index (χ2v) is 6.35. The van der Waals surface area contributed by atoms with Gasteiger partial charge in [0.05, 0.1) is 0 Å². The van der Waals surface area contributed by atoms with E-state index < -0.39 is 0 Å². The van der Waals surface area contributed by atoms with Crippen molar-refractivity contribution in [1.29, 1.82) is 0 Å². The maximum atomic E-state index is 12.7. The highest BCUT2D eigenvalue weighted by atomic mass is 16.2. The third kappa shape index (κ3) is 3.05. The van der Waals surface area contributed by atoms with Gasteiger partial charge in [0.25, 0.3) is 0 Å². The molecule has 1 saturated carbocycles. The van der Waals surface area contributed by atoms with Gasteiger partial charge in [-0.15, -0.1) is 0 Å². The molecule has 1 heterocycles. The molecule has 2 fully saturated rings.